The molecule has 4 fully saturated rings. The number of benzene rings is 2. The number of aliphatic carboxylic acids is 2. The fourth-order valence-corrected chi connectivity index (χ4v) is 11.4. The normalized spacial score (nSPS) is 35.8. The Kier molecular flexibility index (Phi) is 14.6. The molecule has 0 aromatic heterocycles. The number of nitrogens with zero attached hydrogens (tertiary/aromatic N) is 2. The van der Waals surface area contributed by atoms with Gasteiger partial charge in [0.1, 0.15) is 36.6 Å². The van der Waals surface area contributed by atoms with E-state index < -0.39 is 72.6 Å². The van der Waals surface area contributed by atoms with Gasteiger partial charge in [0.2, 0.25) is 0 Å². The van der Waals surface area contributed by atoms with Crippen molar-refractivity contribution in [3.05, 3.63) is 46.5 Å². The van der Waals surface area contributed by atoms with E-state index in [-0.39, 0.29) is 35.8 Å². The van der Waals surface area contributed by atoms with Crippen LogP contribution in [0, 0.1) is 23.7 Å². The standard InChI is InChI=1S/2C23H33NO7/c1-2-7-24-8-3-4-13-9-14-12(10-16(13)24)5-6-17(25)22(14)31-18-11-15(23(29)30)19(26)21(28)20(18)27;1-2-7-24-8-3-4-13-9-14-12(10-16(13)24)5-6-17(19(14)25)31-18-11-15(23(29)30)20(26)22(28)21(18)27/h5-6,13,15-16,18-21,25-28H,2-4,7-11H2,1H3,(H,29,30);5-6,13,15-16,18,20-22,25-28H,2-4,7-11H2,1H3,(H,29,30)/t13-,15+,16-,18-,19-,20+,21+;13-,15+,16-,18-,20-,21+,22+/m11/s1. The van der Waals surface area contributed by atoms with Crippen LogP contribution in [0.4, 0.5) is 0 Å². The van der Waals surface area contributed by atoms with Crippen molar-refractivity contribution in [3.63, 3.8) is 0 Å². The third-order valence-corrected chi connectivity index (χ3v) is 14.7. The summed E-state index contributed by atoms with van der Waals surface area (Å²) in [5.41, 5.74) is 3.95. The molecule has 344 valence electrons. The molecule has 2 saturated heterocycles. The molecule has 2 saturated carbocycles. The summed E-state index contributed by atoms with van der Waals surface area (Å²) in [5.74, 6) is -3.69. The van der Waals surface area contributed by atoms with Crippen LogP contribution in [0.15, 0.2) is 24.3 Å². The summed E-state index contributed by atoms with van der Waals surface area (Å²) < 4.78 is 11.8. The van der Waals surface area contributed by atoms with Gasteiger partial charge in [-0.05, 0) is 125 Å². The monoisotopic (exact) mass is 870 g/mol. The van der Waals surface area contributed by atoms with Gasteiger partial charge in [-0.3, -0.25) is 19.4 Å². The Morgan fingerprint density at radius 1 is 0.613 bits per heavy atom. The Hall–Kier alpha value is -3.74. The van der Waals surface area contributed by atoms with E-state index in [9.17, 15) is 60.7 Å². The van der Waals surface area contributed by atoms with Crippen LogP contribution in [0.2, 0.25) is 0 Å². The lowest BCUT2D eigenvalue weighted by Crippen LogP contribution is -2.57. The van der Waals surface area contributed by atoms with Gasteiger partial charge in [-0.1, -0.05) is 26.0 Å². The van der Waals surface area contributed by atoms with Crippen molar-refractivity contribution in [2.75, 3.05) is 26.2 Å². The van der Waals surface area contributed by atoms with Crippen LogP contribution in [0.25, 0.3) is 0 Å². The number of piperidine rings is 2. The minimum absolute atomic E-state index is 0.0308. The molecule has 16 nitrogen and oxygen atoms in total. The molecule has 14 atom stereocenters. The molecule has 0 spiro atoms. The topological polar surface area (TPSA) is 261 Å². The maximum Gasteiger partial charge on any atom is 0.309 e. The predicted molar refractivity (Wildman–Crippen MR) is 224 cm³/mol. The third kappa shape index (κ3) is 9.25. The second kappa shape index (κ2) is 19.6. The Morgan fingerprint density at radius 3 is 1.58 bits per heavy atom. The molecule has 10 N–H and O–H groups in total. The lowest BCUT2D eigenvalue weighted by Gasteiger charge is -2.45. The summed E-state index contributed by atoms with van der Waals surface area (Å²) in [7, 11) is 0. The number of hydrogen-bond donors (Lipinski definition) is 10. The summed E-state index contributed by atoms with van der Waals surface area (Å²) in [6, 6.07) is 8.04. The van der Waals surface area contributed by atoms with Crippen molar-refractivity contribution < 1.29 is 70.1 Å². The van der Waals surface area contributed by atoms with Gasteiger partial charge in [-0.2, -0.15) is 0 Å². The Bertz CT molecular complexity index is 1890. The van der Waals surface area contributed by atoms with Crippen LogP contribution >= 0.6 is 0 Å². The van der Waals surface area contributed by atoms with E-state index in [2.05, 4.69) is 23.6 Å². The van der Waals surface area contributed by atoms with Crippen LogP contribution < -0.4 is 9.47 Å². The average Bonchev–Trinajstić information content (AvgIpc) is 3.25. The first-order valence-electron chi connectivity index (χ1n) is 22.7. The zero-order valence-electron chi connectivity index (χ0n) is 35.7. The van der Waals surface area contributed by atoms with E-state index in [0.29, 0.717) is 23.9 Å². The fourth-order valence-electron chi connectivity index (χ4n) is 11.4. The molecule has 2 aliphatic heterocycles. The van der Waals surface area contributed by atoms with Crippen LogP contribution in [0.1, 0.15) is 87.5 Å². The highest BCUT2D eigenvalue weighted by Gasteiger charge is 2.49. The number of phenols is 2. The number of likely N-dealkylation sites (tertiary alicyclic amines) is 2. The first kappa shape index (κ1) is 46.3. The maximum atomic E-state index is 11.5. The van der Waals surface area contributed by atoms with Crippen LogP contribution in [-0.4, -0.2) is 160 Å². The smallest absolute Gasteiger partial charge is 0.309 e. The number of carboxylic acid groups (broad SMARTS) is 2. The molecule has 4 aliphatic carbocycles. The first-order valence-corrected chi connectivity index (χ1v) is 22.7. The highest BCUT2D eigenvalue weighted by atomic mass is 16.5. The number of rotatable bonds is 10. The third-order valence-electron chi connectivity index (χ3n) is 14.7. The average molecular weight is 871 g/mol. The largest absolute Gasteiger partial charge is 0.504 e. The molecule has 6 aliphatic rings. The molecule has 0 bridgehead atoms. The molecular formula is C46H66N2O14. The quantitative estimate of drug-likeness (QED) is 0.163. The molecular weight excluding hydrogens is 805 g/mol. The number of phenolic OH excluding ortho intramolecular Hbond substituents is 2. The van der Waals surface area contributed by atoms with Crippen molar-refractivity contribution >= 4 is 11.9 Å². The van der Waals surface area contributed by atoms with Crippen LogP contribution in [-0.2, 0) is 35.3 Å². The number of aliphatic hydroxyl groups is 6. The summed E-state index contributed by atoms with van der Waals surface area (Å²) in [6.07, 6.45) is -1.72. The predicted octanol–water partition coefficient (Wildman–Crippen LogP) is 1.83. The van der Waals surface area contributed by atoms with E-state index >= 15 is 0 Å². The van der Waals surface area contributed by atoms with Crippen LogP contribution in [0.5, 0.6) is 23.0 Å². The molecule has 8 rings (SSSR count). The van der Waals surface area contributed by atoms with Crippen LogP contribution in [0.3, 0.4) is 0 Å². The second-order valence-corrected chi connectivity index (χ2v) is 18.5. The number of carboxylic acids is 2. The Balaban J connectivity index is 0.000000186. The Morgan fingerprint density at radius 2 is 1.08 bits per heavy atom. The summed E-state index contributed by atoms with van der Waals surface area (Å²) in [5, 5.41) is 101. The highest BCUT2D eigenvalue weighted by molar-refractivity contribution is 5.71. The number of fused-ring (bicyclic) bond motifs is 4. The van der Waals surface area contributed by atoms with Gasteiger partial charge in [0.15, 0.2) is 23.0 Å². The van der Waals surface area contributed by atoms with Crippen molar-refractivity contribution in [2.45, 2.75) is 152 Å². The zero-order valence-corrected chi connectivity index (χ0v) is 35.7. The second-order valence-electron chi connectivity index (χ2n) is 18.5. The van der Waals surface area contributed by atoms with E-state index in [1.54, 1.807) is 12.1 Å². The van der Waals surface area contributed by atoms with Crippen molar-refractivity contribution in [2.24, 2.45) is 23.7 Å². The molecule has 2 heterocycles. The molecule has 16 heteroatoms. The fraction of sp³-hybridized carbons (Fsp3) is 0.696. The number of ether oxygens (including phenoxy) is 2. The molecule has 2 aromatic rings. The van der Waals surface area contributed by atoms with Crippen molar-refractivity contribution in [1.82, 2.24) is 9.80 Å². The molecule has 0 radical (unpaired) electrons. The minimum Gasteiger partial charge on any atom is -0.504 e. The van der Waals surface area contributed by atoms with Gasteiger partial charge < -0.3 is 60.5 Å². The van der Waals surface area contributed by atoms with E-state index in [1.807, 2.05) is 12.1 Å². The maximum absolute atomic E-state index is 11.5. The van der Waals surface area contributed by atoms with Gasteiger partial charge in [0, 0.05) is 36.1 Å². The van der Waals surface area contributed by atoms with E-state index in [1.165, 1.54) is 0 Å². The summed E-state index contributed by atoms with van der Waals surface area (Å²) in [6.45, 7) is 8.77. The molecule has 0 amide bonds. The lowest BCUT2D eigenvalue weighted by molar-refractivity contribution is -0.175. The number of hydrogen-bond acceptors (Lipinski definition) is 14. The summed E-state index contributed by atoms with van der Waals surface area (Å²) >= 11 is 0. The number of aliphatic hydroxyl groups excluding tert-OH is 6. The molecule has 62 heavy (non-hydrogen) atoms. The molecule has 2 aromatic carbocycles. The van der Waals surface area contributed by atoms with Crippen molar-refractivity contribution in [3.8, 4) is 23.0 Å². The highest BCUT2D eigenvalue weighted by Crippen LogP contribution is 2.45. The molecule has 0 unspecified atom stereocenters. The van der Waals surface area contributed by atoms with Gasteiger partial charge in [-0.15, -0.1) is 0 Å². The van der Waals surface area contributed by atoms with E-state index in [4.69, 9.17) is 9.47 Å². The van der Waals surface area contributed by atoms with Crippen molar-refractivity contribution in [1.29, 1.82) is 0 Å². The summed E-state index contributed by atoms with van der Waals surface area (Å²) in [4.78, 5) is 28.0. The number of carbonyl (C=O) groups is 2. The van der Waals surface area contributed by atoms with Gasteiger partial charge in [0.05, 0.1) is 24.0 Å². The SMILES string of the molecule is CCCN1CCC[C@@H]2Cc3c(ccc(O)c3O[C@@H]3C[C@H](C(=O)O)[C@@H](O)[C@H](O)[C@H]3O)C[C@H]21.CCCN1CCC[C@@H]2Cc3c(ccc(O[C@@H]4C[C@H](C(=O)O)[C@@H](O)[C@H](O)[C@H]4O)c3O)C[C@H]21. The lowest BCUT2D eigenvalue weighted by atomic mass is 9.74. The zero-order chi connectivity index (χ0) is 44.6. The van der Waals surface area contributed by atoms with Gasteiger partial charge in [-0.25, -0.2) is 0 Å². The van der Waals surface area contributed by atoms with Gasteiger partial charge in [0.25, 0.3) is 0 Å². The minimum atomic E-state index is -1.63. The Labute approximate surface area is 362 Å². The number of aromatic hydroxyl groups is 2. The first-order chi connectivity index (χ1) is 29.6. The van der Waals surface area contributed by atoms with Gasteiger partial charge >= 0.3 is 11.9 Å². The van der Waals surface area contributed by atoms with E-state index in [0.717, 1.165) is 113 Å².